The third-order valence-corrected chi connectivity index (χ3v) is 3.82. The number of nitrogens with one attached hydrogen (secondary N) is 2. The summed E-state index contributed by atoms with van der Waals surface area (Å²) in [5, 5.41) is 15.9. The number of hydrogen-bond donors (Lipinski definition) is 2. The summed E-state index contributed by atoms with van der Waals surface area (Å²) < 4.78 is 1.77. The highest BCUT2D eigenvalue weighted by Crippen LogP contribution is 2.17. The smallest absolute Gasteiger partial charge is 0.284 e. The topological polar surface area (TPSA) is 108 Å². The molecule has 9 nitrogen and oxygen atoms in total. The lowest BCUT2D eigenvalue weighted by Crippen LogP contribution is -2.65. The number of fused-ring (bicyclic) bond motifs is 1. The molecule has 0 aliphatic carbocycles. The minimum absolute atomic E-state index is 0.0193. The Morgan fingerprint density at radius 1 is 1.32 bits per heavy atom. The number of carbonyl (C=O) groups is 2. The van der Waals surface area contributed by atoms with Gasteiger partial charge in [-0.1, -0.05) is 0 Å². The van der Waals surface area contributed by atoms with Gasteiger partial charge in [-0.15, -0.1) is 0 Å². The second-order valence-corrected chi connectivity index (χ2v) is 5.19. The van der Waals surface area contributed by atoms with Crippen molar-refractivity contribution >= 4 is 24.0 Å². The van der Waals surface area contributed by atoms with Crippen LogP contribution in [0.5, 0.6) is 0 Å². The van der Waals surface area contributed by atoms with Gasteiger partial charge in [0.05, 0.1) is 4.92 Å². The number of nitro groups is 1. The highest BCUT2D eigenvalue weighted by molar-refractivity contribution is 6.00. The summed E-state index contributed by atoms with van der Waals surface area (Å²) in [5.74, 6) is -0.365. The van der Waals surface area contributed by atoms with Gasteiger partial charge in [0, 0.05) is 19.2 Å². The average Bonchev–Trinajstić information content (AvgIpc) is 2.90. The van der Waals surface area contributed by atoms with Gasteiger partial charge < -0.3 is 0 Å². The van der Waals surface area contributed by atoms with E-state index in [0.29, 0.717) is 6.54 Å². The number of carbonyl (C=O) groups excluding carboxylic acids is 2. The van der Waals surface area contributed by atoms with Crippen molar-refractivity contribution in [2.45, 2.75) is 18.8 Å². The minimum atomic E-state index is -0.530. The van der Waals surface area contributed by atoms with Gasteiger partial charge >= 0.3 is 6.03 Å². The molecule has 3 amide bonds. The molecule has 2 N–H and O–H groups in total. The molecule has 0 aromatic heterocycles. The summed E-state index contributed by atoms with van der Waals surface area (Å²) in [6, 6.07) is 5.17. The summed E-state index contributed by atoms with van der Waals surface area (Å²) in [7, 11) is 1.61. The molecule has 1 aromatic carbocycles. The van der Waals surface area contributed by atoms with Crippen molar-refractivity contribution < 1.29 is 19.1 Å². The normalized spacial score (nSPS) is 23.5. The lowest BCUT2D eigenvalue weighted by Gasteiger charge is -2.30. The summed E-state index contributed by atoms with van der Waals surface area (Å²) in [6.07, 6.45) is 1.24. The number of hydrogen-bond acceptors (Lipinski definition) is 5. The Balaban J connectivity index is 1.77. The van der Waals surface area contributed by atoms with Crippen LogP contribution in [0.3, 0.4) is 0 Å². The predicted molar refractivity (Wildman–Crippen MR) is 75.1 cm³/mol. The Hall–Kier alpha value is -2.97. The van der Waals surface area contributed by atoms with Crippen LogP contribution in [0.4, 0.5) is 10.5 Å². The lowest BCUT2D eigenvalue weighted by molar-refractivity contribution is -0.561. The number of nitro benzene ring substituents is 1. The zero-order valence-corrected chi connectivity index (χ0v) is 11.7. The second-order valence-electron chi connectivity index (χ2n) is 5.19. The van der Waals surface area contributed by atoms with Crippen LogP contribution in [0.15, 0.2) is 24.3 Å². The Kier molecular flexibility index (Phi) is 3.24. The quantitative estimate of drug-likeness (QED) is 0.449. The van der Waals surface area contributed by atoms with Crippen molar-refractivity contribution in [2.75, 3.05) is 7.05 Å². The molecule has 2 atom stereocenters. The van der Waals surface area contributed by atoms with Gasteiger partial charge in [-0.3, -0.25) is 30.4 Å². The number of nitrogens with zero attached hydrogens (tertiary/aromatic N) is 3. The molecule has 0 radical (unpaired) electrons. The van der Waals surface area contributed by atoms with E-state index in [1.54, 1.807) is 30.1 Å². The van der Waals surface area contributed by atoms with Gasteiger partial charge in [-0.05, 0) is 17.7 Å². The Morgan fingerprint density at radius 3 is 2.64 bits per heavy atom. The van der Waals surface area contributed by atoms with E-state index in [1.807, 2.05) is 0 Å². The van der Waals surface area contributed by atoms with Gasteiger partial charge in [-0.25, -0.2) is 9.37 Å². The fourth-order valence-corrected chi connectivity index (χ4v) is 2.61. The van der Waals surface area contributed by atoms with E-state index in [1.165, 1.54) is 17.0 Å². The maximum absolute atomic E-state index is 12.0. The first-order valence-corrected chi connectivity index (χ1v) is 6.63. The highest BCUT2D eigenvalue weighted by atomic mass is 16.6. The molecular weight excluding hydrogens is 290 g/mol. The number of urea groups is 1. The van der Waals surface area contributed by atoms with Crippen molar-refractivity contribution in [2.24, 2.45) is 0 Å². The van der Waals surface area contributed by atoms with Gasteiger partial charge in [0.1, 0.15) is 6.54 Å². The molecule has 2 aliphatic rings. The first-order valence-electron chi connectivity index (χ1n) is 6.63. The molecule has 2 aliphatic heterocycles. The van der Waals surface area contributed by atoms with Crippen LogP contribution in [0.2, 0.25) is 0 Å². The van der Waals surface area contributed by atoms with E-state index in [-0.39, 0.29) is 11.6 Å². The van der Waals surface area contributed by atoms with Crippen molar-refractivity contribution in [1.29, 1.82) is 0 Å². The van der Waals surface area contributed by atoms with Crippen molar-refractivity contribution in [3.8, 4) is 0 Å². The zero-order valence-electron chi connectivity index (χ0n) is 11.7. The largest absolute Gasteiger partial charge is 0.327 e. The fraction of sp³-hybridized carbons (Fsp3) is 0.308. The Bertz CT molecular complexity index is 684. The molecule has 0 unspecified atom stereocenters. The zero-order chi connectivity index (χ0) is 15.9. The van der Waals surface area contributed by atoms with E-state index >= 15 is 0 Å². The molecule has 1 saturated heterocycles. The van der Waals surface area contributed by atoms with Crippen LogP contribution in [0.25, 0.3) is 0 Å². The molecule has 1 aromatic rings. The molecule has 3 rings (SSSR count). The first-order chi connectivity index (χ1) is 10.5. The summed E-state index contributed by atoms with van der Waals surface area (Å²) in [5.41, 5.74) is 0.850. The standard InChI is InChI=1S/C13H13N5O4/c1-16-11-10(12(19)15-13(16)20)17(7-14-11)6-8-2-4-9(5-3-8)18(21)22/h2-5,7,10-11H,6H2,1H3,(H,15,19,20)/p+1/t10-,11-/m0/s1. The molecule has 114 valence electrons. The van der Waals surface area contributed by atoms with E-state index in [2.05, 4.69) is 10.6 Å². The van der Waals surface area contributed by atoms with Crippen LogP contribution in [-0.4, -0.2) is 51.9 Å². The number of non-ortho nitro benzene ring substituents is 1. The molecule has 2 heterocycles. The van der Waals surface area contributed by atoms with E-state index in [4.69, 9.17) is 0 Å². The summed E-state index contributed by atoms with van der Waals surface area (Å²) >= 11 is 0. The molecular formula is C13H14N5O4+. The predicted octanol–water partition coefficient (Wildman–Crippen LogP) is -0.385. The molecule has 9 heteroatoms. The van der Waals surface area contributed by atoms with Gasteiger partial charge in [0.15, 0.2) is 0 Å². The molecule has 22 heavy (non-hydrogen) atoms. The first kappa shape index (κ1) is 14.0. The maximum atomic E-state index is 12.0. The van der Waals surface area contributed by atoms with Crippen LogP contribution >= 0.6 is 0 Å². The number of rotatable bonds is 3. The minimum Gasteiger partial charge on any atom is -0.284 e. The monoisotopic (exact) mass is 304 g/mol. The average molecular weight is 304 g/mol. The van der Waals surface area contributed by atoms with Crippen molar-refractivity contribution in [1.82, 2.24) is 15.5 Å². The molecule has 0 bridgehead atoms. The third-order valence-electron chi connectivity index (χ3n) is 3.82. The molecule has 0 spiro atoms. The second kappa shape index (κ2) is 5.10. The third kappa shape index (κ3) is 2.26. The molecule has 1 fully saturated rings. The lowest BCUT2D eigenvalue weighted by atomic mass is 10.1. The van der Waals surface area contributed by atoms with E-state index in [0.717, 1.165) is 5.56 Å². The Morgan fingerprint density at radius 2 is 2.00 bits per heavy atom. The Labute approximate surface area is 125 Å². The van der Waals surface area contributed by atoms with Crippen LogP contribution in [-0.2, 0) is 11.3 Å². The van der Waals surface area contributed by atoms with Crippen molar-refractivity contribution in [3.63, 3.8) is 0 Å². The van der Waals surface area contributed by atoms with Crippen LogP contribution in [0.1, 0.15) is 5.56 Å². The number of imide groups is 1. The summed E-state index contributed by atoms with van der Waals surface area (Å²) in [6.45, 7) is 0.404. The maximum Gasteiger partial charge on any atom is 0.327 e. The number of likely N-dealkylation sites (N-methyl/N-ethyl adjacent to an activating group) is 1. The van der Waals surface area contributed by atoms with E-state index < -0.39 is 23.2 Å². The number of benzene rings is 1. The van der Waals surface area contributed by atoms with E-state index in [9.17, 15) is 19.7 Å². The van der Waals surface area contributed by atoms with Gasteiger partial charge in [0.25, 0.3) is 11.6 Å². The van der Waals surface area contributed by atoms with Crippen LogP contribution in [0, 0.1) is 10.1 Å². The number of amides is 3. The fourth-order valence-electron chi connectivity index (χ4n) is 2.61. The SMILES string of the molecule is CN1C(=O)NC(=O)[C@@H]2[C@H]1NC=[N+]2Cc1ccc([N+](=O)[O-])cc1. The summed E-state index contributed by atoms with van der Waals surface area (Å²) in [4.78, 5) is 35.2. The van der Waals surface area contributed by atoms with Crippen LogP contribution < -0.4 is 10.6 Å². The highest BCUT2D eigenvalue weighted by Gasteiger charge is 2.49. The van der Waals surface area contributed by atoms with Gasteiger partial charge in [-0.2, -0.15) is 0 Å². The van der Waals surface area contributed by atoms with Gasteiger partial charge in [0.2, 0.25) is 18.5 Å². The van der Waals surface area contributed by atoms with Crippen molar-refractivity contribution in [3.05, 3.63) is 39.9 Å². The molecule has 0 saturated carbocycles.